The molecule has 2 fully saturated rings. The highest BCUT2D eigenvalue weighted by atomic mass is 35.5. The minimum absolute atomic E-state index is 0. The lowest BCUT2D eigenvalue weighted by Crippen LogP contribution is -2.45. The van der Waals surface area contributed by atoms with Crippen LogP contribution < -0.4 is 5.32 Å². The third kappa shape index (κ3) is 6.63. The highest BCUT2D eigenvalue weighted by molar-refractivity contribution is 5.85. The molecular formula is C19H28Cl2N2O2. The molecule has 6 heteroatoms. The topological polar surface area (TPSA) is 52.6 Å². The maximum Gasteiger partial charge on any atom is 0.317 e. The minimum Gasteiger partial charge on any atom is -0.480 e. The Bertz CT molecular complexity index is 572. The molecule has 0 radical (unpaired) electrons. The monoisotopic (exact) mass is 386 g/mol. The molecule has 1 aliphatic carbocycles. The Hall–Kier alpha value is -1.07. The third-order valence-electron chi connectivity index (χ3n) is 4.97. The van der Waals surface area contributed by atoms with E-state index in [4.69, 9.17) is 5.11 Å². The van der Waals surface area contributed by atoms with E-state index in [9.17, 15) is 4.79 Å². The fourth-order valence-corrected chi connectivity index (χ4v) is 3.55. The van der Waals surface area contributed by atoms with E-state index in [0.29, 0.717) is 18.0 Å². The average Bonchev–Trinajstić information content (AvgIpc) is 3.29. The molecule has 0 aromatic heterocycles. The number of carboxylic acids is 1. The smallest absolute Gasteiger partial charge is 0.317 e. The van der Waals surface area contributed by atoms with E-state index >= 15 is 0 Å². The van der Waals surface area contributed by atoms with Crippen LogP contribution in [0.25, 0.3) is 6.08 Å². The summed E-state index contributed by atoms with van der Waals surface area (Å²) in [5, 5.41) is 12.6. The van der Waals surface area contributed by atoms with Gasteiger partial charge in [-0.05, 0) is 37.7 Å². The first-order valence-electron chi connectivity index (χ1n) is 8.55. The van der Waals surface area contributed by atoms with Crippen molar-refractivity contribution in [3.05, 3.63) is 41.5 Å². The Balaban J connectivity index is 0.00000156. The highest BCUT2D eigenvalue weighted by Crippen LogP contribution is 2.38. The van der Waals surface area contributed by atoms with Gasteiger partial charge in [0.15, 0.2) is 0 Å². The van der Waals surface area contributed by atoms with Crippen LogP contribution in [0.1, 0.15) is 31.7 Å². The molecule has 1 aromatic rings. The predicted octanol–water partition coefficient (Wildman–Crippen LogP) is 3.46. The summed E-state index contributed by atoms with van der Waals surface area (Å²) in [7, 11) is 0. The molecule has 1 aromatic carbocycles. The van der Waals surface area contributed by atoms with Gasteiger partial charge in [-0.1, -0.05) is 42.0 Å². The van der Waals surface area contributed by atoms with Crippen LogP contribution in [0.5, 0.6) is 0 Å². The van der Waals surface area contributed by atoms with Gasteiger partial charge in [0.25, 0.3) is 0 Å². The molecule has 25 heavy (non-hydrogen) atoms. The molecule has 3 rings (SSSR count). The van der Waals surface area contributed by atoms with Gasteiger partial charge >= 0.3 is 5.97 Å². The van der Waals surface area contributed by atoms with Crippen molar-refractivity contribution in [2.45, 2.75) is 38.3 Å². The van der Waals surface area contributed by atoms with Crippen molar-refractivity contribution in [2.75, 3.05) is 19.6 Å². The second-order valence-corrected chi connectivity index (χ2v) is 6.86. The Kier molecular flexibility index (Phi) is 8.94. The van der Waals surface area contributed by atoms with Crippen LogP contribution in [0.3, 0.4) is 0 Å². The zero-order valence-electron chi connectivity index (χ0n) is 14.6. The summed E-state index contributed by atoms with van der Waals surface area (Å²) in [6.07, 6.45) is 5.63. The van der Waals surface area contributed by atoms with Crippen LogP contribution in [0.4, 0.5) is 0 Å². The number of halogens is 2. The van der Waals surface area contributed by atoms with Crippen LogP contribution in [-0.4, -0.2) is 47.7 Å². The van der Waals surface area contributed by atoms with Gasteiger partial charge in [0.05, 0.1) is 6.54 Å². The minimum atomic E-state index is -0.722. The molecule has 140 valence electrons. The quantitative estimate of drug-likeness (QED) is 0.785. The summed E-state index contributed by atoms with van der Waals surface area (Å²) >= 11 is 0. The predicted molar refractivity (Wildman–Crippen MR) is 107 cm³/mol. The Morgan fingerprint density at radius 1 is 1.24 bits per heavy atom. The van der Waals surface area contributed by atoms with Gasteiger partial charge in [0.2, 0.25) is 0 Å². The fourth-order valence-electron chi connectivity index (χ4n) is 3.55. The van der Waals surface area contributed by atoms with Crippen molar-refractivity contribution in [1.82, 2.24) is 10.2 Å². The van der Waals surface area contributed by atoms with Crippen molar-refractivity contribution in [1.29, 1.82) is 0 Å². The van der Waals surface area contributed by atoms with Crippen LogP contribution in [0, 0.1) is 5.92 Å². The van der Waals surface area contributed by atoms with Gasteiger partial charge in [-0.3, -0.25) is 9.69 Å². The van der Waals surface area contributed by atoms with Gasteiger partial charge in [-0.15, -0.1) is 24.8 Å². The molecule has 0 amide bonds. The van der Waals surface area contributed by atoms with E-state index in [1.54, 1.807) is 0 Å². The van der Waals surface area contributed by atoms with Crippen molar-refractivity contribution >= 4 is 36.9 Å². The van der Waals surface area contributed by atoms with Crippen LogP contribution in [0.2, 0.25) is 0 Å². The summed E-state index contributed by atoms with van der Waals surface area (Å²) in [5.41, 5.74) is 2.73. The highest BCUT2D eigenvalue weighted by Gasteiger charge is 2.39. The number of aliphatic carboxylic acids is 1. The maximum absolute atomic E-state index is 10.7. The zero-order valence-corrected chi connectivity index (χ0v) is 16.2. The number of nitrogens with one attached hydrogen (secondary N) is 1. The van der Waals surface area contributed by atoms with E-state index in [1.807, 2.05) is 11.0 Å². The zero-order chi connectivity index (χ0) is 16.2. The van der Waals surface area contributed by atoms with Crippen LogP contribution in [-0.2, 0) is 4.79 Å². The molecule has 1 saturated heterocycles. The van der Waals surface area contributed by atoms with Crippen LogP contribution in [0.15, 0.2) is 35.9 Å². The van der Waals surface area contributed by atoms with E-state index in [0.717, 1.165) is 25.9 Å². The fraction of sp³-hybridized carbons (Fsp3) is 0.526. The number of hydrogen-bond donors (Lipinski definition) is 2. The Morgan fingerprint density at radius 2 is 1.88 bits per heavy atom. The lowest BCUT2D eigenvalue weighted by Gasteiger charge is -2.31. The number of piperidine rings is 1. The van der Waals surface area contributed by atoms with Crippen molar-refractivity contribution < 1.29 is 9.90 Å². The summed E-state index contributed by atoms with van der Waals surface area (Å²) in [6, 6.07) is 11.6. The Labute approximate surface area is 162 Å². The van der Waals surface area contributed by atoms with Gasteiger partial charge in [-0.2, -0.15) is 0 Å². The van der Waals surface area contributed by atoms with E-state index in [-0.39, 0.29) is 31.4 Å². The standard InChI is InChI=1S/C19H26N2O2.2ClH/c1-14(11-15-5-3-2-4-6-15)17-12-18(17)20-16-7-9-21(10-8-16)13-19(22)23;;/h2-6,11,16-18,20H,7-10,12-13H2,1H3,(H,22,23);2*1H. The molecule has 1 saturated carbocycles. The van der Waals surface area contributed by atoms with Gasteiger partial charge < -0.3 is 10.4 Å². The number of likely N-dealkylation sites (tertiary alicyclic amines) is 1. The average molecular weight is 387 g/mol. The van der Waals surface area contributed by atoms with Crippen molar-refractivity contribution in [3.63, 3.8) is 0 Å². The van der Waals surface area contributed by atoms with Crippen molar-refractivity contribution in [3.8, 4) is 0 Å². The molecule has 0 spiro atoms. The first-order valence-corrected chi connectivity index (χ1v) is 8.55. The molecule has 4 nitrogen and oxygen atoms in total. The largest absolute Gasteiger partial charge is 0.480 e. The molecule has 2 aliphatic rings. The summed E-state index contributed by atoms with van der Waals surface area (Å²) in [5.74, 6) is -0.0624. The second kappa shape index (κ2) is 10.2. The summed E-state index contributed by atoms with van der Waals surface area (Å²) in [4.78, 5) is 12.8. The number of carbonyl (C=O) groups is 1. The number of carboxylic acid groups (broad SMARTS) is 1. The summed E-state index contributed by atoms with van der Waals surface area (Å²) < 4.78 is 0. The van der Waals surface area contributed by atoms with E-state index < -0.39 is 5.97 Å². The third-order valence-corrected chi connectivity index (χ3v) is 4.97. The Morgan fingerprint density at radius 3 is 2.48 bits per heavy atom. The molecular weight excluding hydrogens is 359 g/mol. The summed E-state index contributed by atoms with van der Waals surface area (Å²) in [6.45, 7) is 4.19. The van der Waals surface area contributed by atoms with Gasteiger partial charge in [0, 0.05) is 25.2 Å². The van der Waals surface area contributed by atoms with E-state index in [2.05, 4.69) is 42.6 Å². The number of nitrogens with zero attached hydrogens (tertiary/aromatic N) is 1. The molecule has 1 aliphatic heterocycles. The lowest BCUT2D eigenvalue weighted by atomic mass is 10.0. The second-order valence-electron chi connectivity index (χ2n) is 6.86. The number of hydrogen-bond acceptors (Lipinski definition) is 3. The van der Waals surface area contributed by atoms with Crippen molar-refractivity contribution in [2.24, 2.45) is 5.92 Å². The molecule has 0 bridgehead atoms. The molecule has 2 unspecified atom stereocenters. The number of rotatable bonds is 6. The number of benzene rings is 1. The first-order chi connectivity index (χ1) is 11.1. The molecule has 2 N–H and O–H groups in total. The van der Waals surface area contributed by atoms with Gasteiger partial charge in [-0.25, -0.2) is 0 Å². The first kappa shape index (κ1) is 22.0. The molecule has 2 atom stereocenters. The SMILES string of the molecule is CC(=Cc1ccccc1)C1CC1NC1CCN(CC(=O)O)CC1.Cl.Cl. The van der Waals surface area contributed by atoms with E-state index in [1.165, 1.54) is 17.6 Å². The molecule has 1 heterocycles. The van der Waals surface area contributed by atoms with Gasteiger partial charge in [0.1, 0.15) is 0 Å². The maximum atomic E-state index is 10.7. The van der Waals surface area contributed by atoms with Crippen LogP contribution >= 0.6 is 24.8 Å². The lowest BCUT2D eigenvalue weighted by molar-refractivity contribution is -0.138. The normalized spacial score (nSPS) is 24.1.